The Morgan fingerprint density at radius 2 is 2.00 bits per heavy atom. The molecule has 4 heteroatoms. The van der Waals surface area contributed by atoms with E-state index in [1.54, 1.807) is 0 Å². The van der Waals surface area contributed by atoms with Crippen molar-refractivity contribution in [3.8, 4) is 0 Å². The third kappa shape index (κ3) is 3.13. The fraction of sp³-hybridized carbons (Fsp3) is 1.00. The van der Waals surface area contributed by atoms with Gasteiger partial charge in [-0.15, -0.1) is 0 Å². The fourth-order valence-corrected chi connectivity index (χ4v) is 4.25. The van der Waals surface area contributed by atoms with E-state index in [4.69, 9.17) is 10.5 Å². The van der Waals surface area contributed by atoms with Gasteiger partial charge in [-0.2, -0.15) is 0 Å². The molecule has 0 aromatic carbocycles. The SMILES string of the molecule is NCC(C1CCCOC1)N1CCCN2CCCC2C1. The number of hydrogen-bond donors (Lipinski definition) is 1. The van der Waals surface area contributed by atoms with E-state index in [-0.39, 0.29) is 0 Å². The minimum Gasteiger partial charge on any atom is -0.381 e. The van der Waals surface area contributed by atoms with E-state index < -0.39 is 0 Å². The lowest BCUT2D eigenvalue weighted by atomic mass is 9.92. The van der Waals surface area contributed by atoms with Gasteiger partial charge in [0.05, 0.1) is 6.61 Å². The Labute approximate surface area is 117 Å². The second-order valence-electron chi connectivity index (χ2n) is 6.46. The zero-order valence-electron chi connectivity index (χ0n) is 12.1. The highest BCUT2D eigenvalue weighted by molar-refractivity contribution is 4.90. The maximum atomic E-state index is 6.11. The Morgan fingerprint density at radius 1 is 1.11 bits per heavy atom. The molecule has 19 heavy (non-hydrogen) atoms. The molecule has 0 amide bonds. The van der Waals surface area contributed by atoms with Gasteiger partial charge in [0.2, 0.25) is 0 Å². The predicted molar refractivity (Wildman–Crippen MR) is 77.2 cm³/mol. The molecule has 3 fully saturated rings. The van der Waals surface area contributed by atoms with Crippen LogP contribution in [0.25, 0.3) is 0 Å². The van der Waals surface area contributed by atoms with Crippen LogP contribution in [0.15, 0.2) is 0 Å². The highest BCUT2D eigenvalue weighted by atomic mass is 16.5. The summed E-state index contributed by atoms with van der Waals surface area (Å²) in [7, 11) is 0. The maximum Gasteiger partial charge on any atom is 0.0509 e. The molecule has 0 aromatic heterocycles. The number of fused-ring (bicyclic) bond motifs is 1. The Bertz CT molecular complexity index is 281. The Balaban J connectivity index is 1.64. The van der Waals surface area contributed by atoms with Crippen molar-refractivity contribution in [2.45, 2.75) is 44.2 Å². The van der Waals surface area contributed by atoms with Crippen LogP contribution in [0, 0.1) is 5.92 Å². The first kappa shape index (κ1) is 13.8. The fourth-order valence-electron chi connectivity index (χ4n) is 4.25. The number of ether oxygens (including phenoxy) is 1. The van der Waals surface area contributed by atoms with Gasteiger partial charge in [-0.25, -0.2) is 0 Å². The number of rotatable bonds is 3. The molecular weight excluding hydrogens is 238 g/mol. The summed E-state index contributed by atoms with van der Waals surface area (Å²) in [6, 6.07) is 1.34. The van der Waals surface area contributed by atoms with Crippen LogP contribution in [0.5, 0.6) is 0 Å². The van der Waals surface area contributed by atoms with E-state index in [0.29, 0.717) is 12.0 Å². The topological polar surface area (TPSA) is 41.7 Å². The van der Waals surface area contributed by atoms with Crippen LogP contribution in [-0.2, 0) is 4.74 Å². The molecular formula is C15H29N3O. The molecule has 3 saturated heterocycles. The quantitative estimate of drug-likeness (QED) is 0.825. The lowest BCUT2D eigenvalue weighted by molar-refractivity contribution is 0.00971. The average molecular weight is 267 g/mol. The van der Waals surface area contributed by atoms with E-state index >= 15 is 0 Å². The molecule has 110 valence electrons. The number of hydrogen-bond acceptors (Lipinski definition) is 4. The molecule has 3 aliphatic heterocycles. The molecule has 0 saturated carbocycles. The molecule has 3 heterocycles. The molecule has 3 aliphatic rings. The van der Waals surface area contributed by atoms with Crippen molar-refractivity contribution in [2.24, 2.45) is 11.7 Å². The van der Waals surface area contributed by atoms with E-state index in [1.807, 2.05) is 0 Å². The molecule has 0 aliphatic carbocycles. The van der Waals surface area contributed by atoms with Gasteiger partial charge in [0, 0.05) is 31.8 Å². The summed E-state index contributed by atoms with van der Waals surface area (Å²) in [5.41, 5.74) is 6.11. The second kappa shape index (κ2) is 6.53. The van der Waals surface area contributed by atoms with E-state index in [9.17, 15) is 0 Å². The molecule has 0 spiro atoms. The van der Waals surface area contributed by atoms with Gasteiger partial charge in [-0.3, -0.25) is 9.80 Å². The lowest BCUT2D eigenvalue weighted by Gasteiger charge is -2.38. The summed E-state index contributed by atoms with van der Waals surface area (Å²) in [4.78, 5) is 5.39. The van der Waals surface area contributed by atoms with Crippen LogP contribution in [-0.4, -0.2) is 67.8 Å². The summed E-state index contributed by atoms with van der Waals surface area (Å²) in [5.74, 6) is 0.659. The van der Waals surface area contributed by atoms with Crippen molar-refractivity contribution in [1.29, 1.82) is 0 Å². The molecule has 3 atom stereocenters. The van der Waals surface area contributed by atoms with Gasteiger partial charge in [0.15, 0.2) is 0 Å². The van der Waals surface area contributed by atoms with Crippen molar-refractivity contribution >= 4 is 0 Å². The number of nitrogens with two attached hydrogens (primary N) is 1. The minimum atomic E-state index is 0.542. The summed E-state index contributed by atoms with van der Waals surface area (Å²) >= 11 is 0. The van der Waals surface area contributed by atoms with Crippen LogP contribution >= 0.6 is 0 Å². The van der Waals surface area contributed by atoms with E-state index in [0.717, 1.165) is 25.8 Å². The molecule has 3 unspecified atom stereocenters. The van der Waals surface area contributed by atoms with Crippen molar-refractivity contribution in [3.63, 3.8) is 0 Å². The standard InChI is InChI=1S/C15H29N3O/c16-10-15(13-4-2-9-19-12-13)18-8-3-7-17-6-1-5-14(17)11-18/h13-15H,1-12,16H2. The zero-order valence-corrected chi connectivity index (χ0v) is 12.1. The van der Waals surface area contributed by atoms with Gasteiger partial charge in [0.25, 0.3) is 0 Å². The summed E-state index contributed by atoms with van der Waals surface area (Å²) < 4.78 is 5.68. The molecule has 0 radical (unpaired) electrons. The van der Waals surface area contributed by atoms with Crippen molar-refractivity contribution < 1.29 is 4.74 Å². The van der Waals surface area contributed by atoms with Crippen LogP contribution < -0.4 is 5.73 Å². The maximum absolute atomic E-state index is 6.11. The van der Waals surface area contributed by atoms with Crippen LogP contribution in [0.1, 0.15) is 32.1 Å². The molecule has 3 rings (SSSR count). The normalized spacial score (nSPS) is 35.8. The smallest absolute Gasteiger partial charge is 0.0509 e. The van der Waals surface area contributed by atoms with Crippen LogP contribution in [0.3, 0.4) is 0 Å². The summed E-state index contributed by atoms with van der Waals surface area (Å²) in [6.07, 6.45) is 6.59. The Kier molecular flexibility index (Phi) is 4.74. The first-order chi connectivity index (χ1) is 9.38. The lowest BCUT2D eigenvalue weighted by Crippen LogP contribution is -2.50. The number of nitrogens with zero attached hydrogens (tertiary/aromatic N) is 2. The summed E-state index contributed by atoms with van der Waals surface area (Å²) in [6.45, 7) is 7.74. The second-order valence-corrected chi connectivity index (χ2v) is 6.46. The molecule has 2 N–H and O–H groups in total. The minimum absolute atomic E-state index is 0.542. The van der Waals surface area contributed by atoms with E-state index in [2.05, 4.69) is 9.80 Å². The first-order valence-electron chi connectivity index (χ1n) is 8.14. The highest BCUT2D eigenvalue weighted by Gasteiger charge is 2.34. The van der Waals surface area contributed by atoms with Crippen molar-refractivity contribution in [3.05, 3.63) is 0 Å². The van der Waals surface area contributed by atoms with Gasteiger partial charge in [-0.05, 0) is 57.7 Å². The average Bonchev–Trinajstić information content (AvgIpc) is 2.79. The van der Waals surface area contributed by atoms with Gasteiger partial charge in [0.1, 0.15) is 0 Å². The van der Waals surface area contributed by atoms with Crippen LogP contribution in [0.2, 0.25) is 0 Å². The largest absolute Gasteiger partial charge is 0.381 e. The monoisotopic (exact) mass is 267 g/mol. The summed E-state index contributed by atoms with van der Waals surface area (Å²) in [5, 5.41) is 0. The van der Waals surface area contributed by atoms with Crippen molar-refractivity contribution in [1.82, 2.24) is 9.80 Å². The molecule has 0 aromatic rings. The molecule has 4 nitrogen and oxygen atoms in total. The van der Waals surface area contributed by atoms with E-state index in [1.165, 1.54) is 58.3 Å². The predicted octanol–water partition coefficient (Wildman–Crippen LogP) is 0.910. The molecule has 0 bridgehead atoms. The van der Waals surface area contributed by atoms with Crippen LogP contribution in [0.4, 0.5) is 0 Å². The van der Waals surface area contributed by atoms with Crippen molar-refractivity contribution in [2.75, 3.05) is 45.9 Å². The zero-order chi connectivity index (χ0) is 13.1. The third-order valence-electron chi connectivity index (χ3n) is 5.29. The first-order valence-corrected chi connectivity index (χ1v) is 8.14. The third-order valence-corrected chi connectivity index (χ3v) is 5.29. The van der Waals surface area contributed by atoms with Gasteiger partial charge < -0.3 is 10.5 Å². The van der Waals surface area contributed by atoms with Gasteiger partial charge in [-0.1, -0.05) is 0 Å². The Hall–Kier alpha value is -0.160. The highest BCUT2D eigenvalue weighted by Crippen LogP contribution is 2.26. The Morgan fingerprint density at radius 3 is 2.79 bits per heavy atom. The van der Waals surface area contributed by atoms with Gasteiger partial charge >= 0.3 is 0 Å².